The third-order valence-electron chi connectivity index (χ3n) is 1.76. The summed E-state index contributed by atoms with van der Waals surface area (Å²) in [5, 5.41) is 8.57. The summed E-state index contributed by atoms with van der Waals surface area (Å²) >= 11 is 0. The molecule has 0 fully saturated rings. The number of halogens is 2. The third kappa shape index (κ3) is 2.24. The van der Waals surface area contributed by atoms with Gasteiger partial charge in [0.15, 0.2) is 0 Å². The van der Waals surface area contributed by atoms with Crippen LogP contribution in [0.4, 0.5) is 8.78 Å². The molecule has 0 unspecified atom stereocenters. The monoisotopic (exact) mass is 186 g/mol. The maximum atomic E-state index is 12.6. The number of rotatable bonds is 2. The molecule has 0 radical (unpaired) electrons. The van der Waals surface area contributed by atoms with Crippen LogP contribution in [0.2, 0.25) is 0 Å². The second-order valence-electron chi connectivity index (χ2n) is 2.76. The lowest BCUT2D eigenvalue weighted by Gasteiger charge is -2.06. The number of hydrogen-bond acceptors (Lipinski definition) is 1. The lowest BCUT2D eigenvalue weighted by molar-refractivity contribution is -0.138. The quantitative estimate of drug-likeness (QED) is 0.768. The van der Waals surface area contributed by atoms with Crippen LogP contribution in [-0.2, 0) is 4.79 Å². The van der Waals surface area contributed by atoms with Crippen LogP contribution in [0.15, 0.2) is 18.2 Å². The van der Waals surface area contributed by atoms with E-state index in [1.165, 1.54) is 6.92 Å². The Labute approximate surface area is 73.8 Å². The van der Waals surface area contributed by atoms with Gasteiger partial charge in [0.05, 0.1) is 5.92 Å². The van der Waals surface area contributed by atoms with Crippen LogP contribution < -0.4 is 0 Å². The molecule has 0 aliphatic heterocycles. The molecular formula is C9H8F2O2. The van der Waals surface area contributed by atoms with Gasteiger partial charge in [-0.05, 0) is 24.6 Å². The molecule has 4 heteroatoms. The Morgan fingerprint density at radius 3 is 2.15 bits per heavy atom. The van der Waals surface area contributed by atoms with Crippen molar-refractivity contribution in [3.63, 3.8) is 0 Å². The van der Waals surface area contributed by atoms with E-state index >= 15 is 0 Å². The highest BCUT2D eigenvalue weighted by Gasteiger charge is 2.15. The van der Waals surface area contributed by atoms with Gasteiger partial charge in [0, 0.05) is 6.07 Å². The Kier molecular flexibility index (Phi) is 2.60. The van der Waals surface area contributed by atoms with Gasteiger partial charge in [0.25, 0.3) is 0 Å². The van der Waals surface area contributed by atoms with Crippen molar-refractivity contribution in [3.05, 3.63) is 35.4 Å². The lowest BCUT2D eigenvalue weighted by atomic mass is 10.0. The first kappa shape index (κ1) is 9.64. The summed E-state index contributed by atoms with van der Waals surface area (Å²) in [6, 6.07) is 2.74. The maximum Gasteiger partial charge on any atom is 0.310 e. The standard InChI is InChI=1S/C9H8F2O2/c1-5(9(12)13)6-2-7(10)4-8(11)3-6/h2-5H,1H3,(H,12,13)/t5-/m0/s1. The molecule has 1 aromatic carbocycles. The summed E-state index contributed by atoms with van der Waals surface area (Å²) in [6.45, 7) is 1.37. The van der Waals surface area contributed by atoms with Crippen molar-refractivity contribution < 1.29 is 18.7 Å². The number of benzene rings is 1. The van der Waals surface area contributed by atoms with Crippen molar-refractivity contribution >= 4 is 5.97 Å². The molecule has 13 heavy (non-hydrogen) atoms. The van der Waals surface area contributed by atoms with E-state index in [0.717, 1.165) is 12.1 Å². The molecule has 0 amide bonds. The predicted octanol–water partition coefficient (Wildman–Crippen LogP) is 2.15. The molecule has 0 heterocycles. The highest BCUT2D eigenvalue weighted by Crippen LogP contribution is 2.17. The Morgan fingerprint density at radius 2 is 1.77 bits per heavy atom. The zero-order valence-corrected chi connectivity index (χ0v) is 6.92. The largest absolute Gasteiger partial charge is 0.481 e. The fourth-order valence-corrected chi connectivity index (χ4v) is 0.968. The fraction of sp³-hybridized carbons (Fsp3) is 0.222. The molecule has 70 valence electrons. The highest BCUT2D eigenvalue weighted by atomic mass is 19.1. The van der Waals surface area contributed by atoms with Crippen LogP contribution >= 0.6 is 0 Å². The Balaban J connectivity index is 3.07. The molecule has 0 aliphatic carbocycles. The van der Waals surface area contributed by atoms with Gasteiger partial charge in [0.1, 0.15) is 11.6 Å². The van der Waals surface area contributed by atoms with E-state index in [1.54, 1.807) is 0 Å². The third-order valence-corrected chi connectivity index (χ3v) is 1.76. The number of hydrogen-bond donors (Lipinski definition) is 1. The average Bonchev–Trinajstić information content (AvgIpc) is 2.01. The maximum absolute atomic E-state index is 12.6. The number of carboxylic acid groups (broad SMARTS) is 1. The number of carboxylic acids is 1. The summed E-state index contributed by atoms with van der Waals surface area (Å²) in [7, 11) is 0. The van der Waals surface area contributed by atoms with Gasteiger partial charge in [-0.2, -0.15) is 0 Å². The van der Waals surface area contributed by atoms with Crippen LogP contribution in [0.3, 0.4) is 0 Å². The zero-order valence-electron chi connectivity index (χ0n) is 6.92. The normalized spacial score (nSPS) is 12.5. The van der Waals surface area contributed by atoms with Crippen LogP contribution in [0.1, 0.15) is 18.4 Å². The van der Waals surface area contributed by atoms with Crippen molar-refractivity contribution in [3.8, 4) is 0 Å². The van der Waals surface area contributed by atoms with E-state index in [4.69, 9.17) is 5.11 Å². The molecular weight excluding hydrogens is 178 g/mol. The minimum absolute atomic E-state index is 0.130. The SMILES string of the molecule is C[C@H](C(=O)O)c1cc(F)cc(F)c1. The minimum Gasteiger partial charge on any atom is -0.481 e. The Bertz CT molecular complexity index is 316. The van der Waals surface area contributed by atoms with Crippen LogP contribution in [0, 0.1) is 11.6 Å². The van der Waals surface area contributed by atoms with Gasteiger partial charge in [-0.15, -0.1) is 0 Å². The summed E-state index contributed by atoms with van der Waals surface area (Å²) in [6.07, 6.45) is 0. The summed E-state index contributed by atoms with van der Waals surface area (Å²) < 4.78 is 25.2. The second-order valence-corrected chi connectivity index (χ2v) is 2.76. The van der Waals surface area contributed by atoms with Gasteiger partial charge in [-0.3, -0.25) is 4.79 Å². The Morgan fingerprint density at radius 1 is 1.31 bits per heavy atom. The summed E-state index contributed by atoms with van der Waals surface area (Å²) in [4.78, 5) is 10.5. The zero-order chi connectivity index (χ0) is 10.0. The lowest BCUT2D eigenvalue weighted by Crippen LogP contribution is -2.07. The first-order valence-electron chi connectivity index (χ1n) is 3.69. The van der Waals surface area contributed by atoms with Crippen molar-refractivity contribution in [2.75, 3.05) is 0 Å². The van der Waals surface area contributed by atoms with Crippen molar-refractivity contribution in [1.82, 2.24) is 0 Å². The van der Waals surface area contributed by atoms with E-state index in [1.807, 2.05) is 0 Å². The van der Waals surface area contributed by atoms with Crippen molar-refractivity contribution in [2.45, 2.75) is 12.8 Å². The van der Waals surface area contributed by atoms with E-state index in [9.17, 15) is 13.6 Å². The topological polar surface area (TPSA) is 37.3 Å². The van der Waals surface area contributed by atoms with Gasteiger partial charge < -0.3 is 5.11 Å². The molecule has 0 saturated heterocycles. The molecule has 1 rings (SSSR count). The second kappa shape index (κ2) is 3.51. The molecule has 0 saturated carbocycles. The van der Waals surface area contributed by atoms with E-state index in [0.29, 0.717) is 6.07 Å². The molecule has 2 nitrogen and oxygen atoms in total. The highest BCUT2D eigenvalue weighted by molar-refractivity contribution is 5.75. The molecule has 1 atom stereocenters. The van der Waals surface area contributed by atoms with E-state index < -0.39 is 23.5 Å². The van der Waals surface area contributed by atoms with Crippen LogP contribution in [-0.4, -0.2) is 11.1 Å². The summed E-state index contributed by atoms with van der Waals surface area (Å²) in [5.74, 6) is -3.53. The van der Waals surface area contributed by atoms with Gasteiger partial charge in [0.2, 0.25) is 0 Å². The van der Waals surface area contributed by atoms with E-state index in [-0.39, 0.29) is 5.56 Å². The van der Waals surface area contributed by atoms with Gasteiger partial charge in [-0.25, -0.2) is 8.78 Å². The first-order chi connectivity index (χ1) is 6.00. The van der Waals surface area contributed by atoms with Crippen molar-refractivity contribution in [1.29, 1.82) is 0 Å². The van der Waals surface area contributed by atoms with E-state index in [2.05, 4.69) is 0 Å². The van der Waals surface area contributed by atoms with Gasteiger partial charge in [-0.1, -0.05) is 0 Å². The predicted molar refractivity (Wildman–Crippen MR) is 42.4 cm³/mol. The first-order valence-corrected chi connectivity index (χ1v) is 3.69. The Hall–Kier alpha value is -1.45. The molecule has 1 N–H and O–H groups in total. The molecule has 0 aliphatic rings. The number of carbonyl (C=O) groups is 1. The molecule has 0 spiro atoms. The molecule has 0 aromatic heterocycles. The number of aliphatic carboxylic acids is 1. The molecule has 0 bridgehead atoms. The van der Waals surface area contributed by atoms with Crippen LogP contribution in [0.25, 0.3) is 0 Å². The van der Waals surface area contributed by atoms with Crippen molar-refractivity contribution in [2.24, 2.45) is 0 Å². The minimum atomic E-state index is -1.11. The smallest absolute Gasteiger partial charge is 0.310 e. The van der Waals surface area contributed by atoms with Crippen LogP contribution in [0.5, 0.6) is 0 Å². The average molecular weight is 186 g/mol. The summed E-state index contributed by atoms with van der Waals surface area (Å²) in [5.41, 5.74) is 0.130. The molecule has 1 aromatic rings. The van der Waals surface area contributed by atoms with Gasteiger partial charge >= 0.3 is 5.97 Å². The fourth-order valence-electron chi connectivity index (χ4n) is 0.968.